The Balaban J connectivity index is 2.42. The van der Waals surface area contributed by atoms with Crippen molar-refractivity contribution in [3.63, 3.8) is 0 Å². The third-order valence-corrected chi connectivity index (χ3v) is 3.20. The molecule has 0 spiro atoms. The highest BCUT2D eigenvalue weighted by Gasteiger charge is 2.48. The number of hydrogen-bond acceptors (Lipinski definition) is 3. The first-order chi connectivity index (χ1) is 8.14. The summed E-state index contributed by atoms with van der Waals surface area (Å²) in [7, 11) is 0. The van der Waals surface area contributed by atoms with Gasteiger partial charge < -0.3 is 9.47 Å². The highest BCUT2D eigenvalue weighted by molar-refractivity contribution is 5.82. The predicted molar refractivity (Wildman–Crippen MR) is 63.8 cm³/mol. The first kappa shape index (κ1) is 15.5. The Morgan fingerprint density at radius 1 is 1.39 bits per heavy atom. The molecule has 0 N–H and O–H groups in total. The molecule has 18 heavy (non-hydrogen) atoms. The van der Waals surface area contributed by atoms with E-state index < -0.39 is 18.6 Å². The van der Waals surface area contributed by atoms with Gasteiger partial charge in [-0.1, -0.05) is 0 Å². The second-order valence-corrected chi connectivity index (χ2v) is 5.90. The second kappa shape index (κ2) is 5.61. The number of carbonyl (C=O) groups is 1. The summed E-state index contributed by atoms with van der Waals surface area (Å²) in [5, 5.41) is 0. The van der Waals surface area contributed by atoms with E-state index in [9.17, 15) is 13.6 Å². The van der Waals surface area contributed by atoms with Gasteiger partial charge in [0.15, 0.2) is 0 Å². The lowest BCUT2D eigenvalue weighted by Crippen LogP contribution is -2.34. The molecule has 106 valence electrons. The molecular weight excluding hydrogens is 242 g/mol. The van der Waals surface area contributed by atoms with Crippen LogP contribution in [0, 0.1) is 5.92 Å². The number of alkyl halides is 2. The van der Waals surface area contributed by atoms with Gasteiger partial charge in [0.05, 0.1) is 17.8 Å². The fraction of sp³-hybridized carbons (Fsp3) is 0.923. The Labute approximate surface area is 107 Å². The molecule has 1 aliphatic heterocycles. The Morgan fingerprint density at radius 2 is 2.00 bits per heavy atom. The number of hydrogen-bond donors (Lipinski definition) is 0. The van der Waals surface area contributed by atoms with Crippen molar-refractivity contribution in [3.05, 3.63) is 0 Å². The molecule has 0 amide bonds. The molecule has 3 nitrogen and oxygen atoms in total. The van der Waals surface area contributed by atoms with E-state index in [2.05, 4.69) is 0 Å². The van der Waals surface area contributed by atoms with Crippen molar-refractivity contribution in [1.82, 2.24) is 0 Å². The van der Waals surface area contributed by atoms with Crippen LogP contribution < -0.4 is 0 Å². The maximum atomic E-state index is 12.0. The largest absolute Gasteiger partial charge is 0.375 e. The molecule has 1 unspecified atom stereocenters. The molecule has 1 aliphatic rings. The molecule has 5 heteroatoms. The zero-order valence-corrected chi connectivity index (χ0v) is 11.5. The zero-order chi connectivity index (χ0) is 14.0. The van der Waals surface area contributed by atoms with Crippen LogP contribution in [0.25, 0.3) is 0 Å². The monoisotopic (exact) mass is 264 g/mol. The van der Waals surface area contributed by atoms with Gasteiger partial charge in [-0.15, -0.1) is 0 Å². The zero-order valence-electron chi connectivity index (χ0n) is 11.5. The minimum Gasteiger partial charge on any atom is -0.375 e. The quantitative estimate of drug-likeness (QED) is 0.692. The molecule has 1 fully saturated rings. The maximum absolute atomic E-state index is 12.0. The van der Waals surface area contributed by atoms with Crippen molar-refractivity contribution in [3.8, 4) is 0 Å². The van der Waals surface area contributed by atoms with E-state index >= 15 is 0 Å². The summed E-state index contributed by atoms with van der Waals surface area (Å²) in [6.45, 7) is 7.14. The van der Waals surface area contributed by atoms with Crippen molar-refractivity contribution >= 4 is 5.78 Å². The molecular formula is C13H22F2O3. The minimum absolute atomic E-state index is 0.0276. The van der Waals surface area contributed by atoms with E-state index in [0.717, 1.165) is 0 Å². The van der Waals surface area contributed by atoms with Crippen LogP contribution in [0.15, 0.2) is 0 Å². The van der Waals surface area contributed by atoms with Gasteiger partial charge in [0.25, 0.3) is 6.43 Å². The summed E-state index contributed by atoms with van der Waals surface area (Å²) >= 11 is 0. The molecule has 1 saturated heterocycles. The van der Waals surface area contributed by atoms with Crippen molar-refractivity contribution in [2.45, 2.75) is 58.2 Å². The Hall–Kier alpha value is -0.550. The van der Waals surface area contributed by atoms with Gasteiger partial charge in [0, 0.05) is 12.3 Å². The highest BCUT2D eigenvalue weighted by Crippen LogP contribution is 2.42. The molecule has 1 atom stereocenters. The average molecular weight is 264 g/mol. The number of halogens is 2. The third-order valence-electron chi connectivity index (χ3n) is 3.20. The molecule has 0 saturated carbocycles. The number of ether oxygens (including phenoxy) is 2. The maximum Gasteiger partial charge on any atom is 0.261 e. The third kappa shape index (κ3) is 4.28. The number of Topliss-reactive ketones (excluding diaryl/α,β-unsaturated/α-hetero) is 1. The van der Waals surface area contributed by atoms with E-state index in [-0.39, 0.29) is 30.3 Å². The van der Waals surface area contributed by atoms with Crippen LogP contribution in [0.3, 0.4) is 0 Å². The van der Waals surface area contributed by atoms with E-state index in [1.165, 1.54) is 0 Å². The Bertz CT molecular complexity index is 301. The number of carbonyl (C=O) groups excluding carboxylic acids is 1. The van der Waals surface area contributed by atoms with Gasteiger partial charge in [-0.05, 0) is 34.1 Å². The van der Waals surface area contributed by atoms with Crippen LogP contribution in [-0.4, -0.2) is 36.6 Å². The smallest absolute Gasteiger partial charge is 0.261 e. The first-order valence-electron chi connectivity index (χ1n) is 6.23. The van der Waals surface area contributed by atoms with Crippen LogP contribution >= 0.6 is 0 Å². The first-order valence-corrected chi connectivity index (χ1v) is 6.23. The summed E-state index contributed by atoms with van der Waals surface area (Å²) < 4.78 is 34.3. The Kier molecular flexibility index (Phi) is 4.84. The topological polar surface area (TPSA) is 35.5 Å². The fourth-order valence-electron chi connectivity index (χ4n) is 2.58. The summed E-state index contributed by atoms with van der Waals surface area (Å²) in [5.74, 6) is -0.164. The van der Waals surface area contributed by atoms with Crippen LogP contribution in [-0.2, 0) is 14.3 Å². The van der Waals surface area contributed by atoms with E-state index in [1.54, 1.807) is 0 Å². The van der Waals surface area contributed by atoms with Crippen LogP contribution in [0.1, 0.15) is 40.5 Å². The van der Waals surface area contributed by atoms with Gasteiger partial charge >= 0.3 is 0 Å². The van der Waals surface area contributed by atoms with E-state index in [0.29, 0.717) is 6.42 Å². The molecule has 0 aliphatic carbocycles. The normalized spacial score (nSPS) is 25.6. The van der Waals surface area contributed by atoms with Crippen LogP contribution in [0.5, 0.6) is 0 Å². The predicted octanol–water partition coefficient (Wildman–Crippen LogP) is 2.82. The minimum atomic E-state index is -2.48. The summed E-state index contributed by atoms with van der Waals surface area (Å²) in [4.78, 5) is 12.0. The van der Waals surface area contributed by atoms with Crippen molar-refractivity contribution in [1.29, 1.82) is 0 Å². The number of rotatable bonds is 6. The fourth-order valence-corrected chi connectivity index (χ4v) is 2.58. The second-order valence-electron chi connectivity index (χ2n) is 5.90. The van der Waals surface area contributed by atoms with Gasteiger partial charge in [-0.25, -0.2) is 8.78 Å². The summed E-state index contributed by atoms with van der Waals surface area (Å²) in [6.07, 6.45) is -1.65. The molecule has 0 aromatic carbocycles. The molecule has 0 bridgehead atoms. The standard InChI is InChI=1S/C13H22F2O3/c1-12(2)7-9(13(3,4)18-12)10(16)5-6-17-8-11(14)15/h9,11H,5-8H2,1-4H3. The van der Waals surface area contributed by atoms with Crippen LogP contribution in [0.4, 0.5) is 8.78 Å². The molecule has 0 aromatic rings. The molecule has 1 heterocycles. The van der Waals surface area contributed by atoms with Crippen molar-refractivity contribution < 1.29 is 23.0 Å². The lowest BCUT2D eigenvalue weighted by atomic mass is 9.83. The lowest BCUT2D eigenvalue weighted by molar-refractivity contribution is -0.130. The molecule has 0 aromatic heterocycles. The molecule has 0 radical (unpaired) electrons. The van der Waals surface area contributed by atoms with Gasteiger partial charge in [0.2, 0.25) is 0 Å². The summed E-state index contributed by atoms with van der Waals surface area (Å²) in [6, 6.07) is 0. The Morgan fingerprint density at radius 3 is 2.44 bits per heavy atom. The van der Waals surface area contributed by atoms with Crippen molar-refractivity contribution in [2.24, 2.45) is 5.92 Å². The van der Waals surface area contributed by atoms with Gasteiger partial charge in [-0.3, -0.25) is 4.79 Å². The van der Waals surface area contributed by atoms with E-state index in [1.807, 2.05) is 27.7 Å². The van der Waals surface area contributed by atoms with Crippen LogP contribution in [0.2, 0.25) is 0 Å². The molecule has 1 rings (SSSR count). The lowest BCUT2D eigenvalue weighted by Gasteiger charge is -2.26. The number of ketones is 1. The average Bonchev–Trinajstić information content (AvgIpc) is 2.41. The van der Waals surface area contributed by atoms with Gasteiger partial charge in [0.1, 0.15) is 12.4 Å². The summed E-state index contributed by atoms with van der Waals surface area (Å²) in [5.41, 5.74) is -0.809. The van der Waals surface area contributed by atoms with Gasteiger partial charge in [-0.2, -0.15) is 0 Å². The highest BCUT2D eigenvalue weighted by atomic mass is 19.3. The van der Waals surface area contributed by atoms with Crippen molar-refractivity contribution in [2.75, 3.05) is 13.2 Å². The van der Waals surface area contributed by atoms with E-state index in [4.69, 9.17) is 9.47 Å². The SMILES string of the molecule is CC1(C)CC(C(=O)CCOCC(F)F)C(C)(C)O1.